The topological polar surface area (TPSA) is 77.8 Å². The van der Waals surface area contributed by atoms with Gasteiger partial charge in [0, 0.05) is 12.8 Å². The maximum absolute atomic E-state index is 11.7. The van der Waals surface area contributed by atoms with Crippen LogP contribution in [0.1, 0.15) is 32.6 Å². The van der Waals surface area contributed by atoms with Crippen LogP contribution in [0.4, 0.5) is 0 Å². The number of aliphatic hydroxyl groups is 2. The summed E-state index contributed by atoms with van der Waals surface area (Å²) < 4.78 is 0. The van der Waals surface area contributed by atoms with Crippen molar-refractivity contribution in [2.75, 3.05) is 13.2 Å². The number of rotatable bonds is 3. The molecule has 15 heavy (non-hydrogen) atoms. The van der Waals surface area contributed by atoms with Crippen molar-refractivity contribution in [1.29, 1.82) is 0 Å². The van der Waals surface area contributed by atoms with Crippen molar-refractivity contribution in [3.63, 3.8) is 0 Å². The molecule has 86 valence electrons. The van der Waals surface area contributed by atoms with E-state index in [1.165, 1.54) is 6.92 Å². The van der Waals surface area contributed by atoms with E-state index in [9.17, 15) is 9.59 Å². The van der Waals surface area contributed by atoms with Gasteiger partial charge < -0.3 is 10.2 Å². The summed E-state index contributed by atoms with van der Waals surface area (Å²) in [5.41, 5.74) is -1.17. The minimum absolute atomic E-state index is 0.303. The van der Waals surface area contributed by atoms with Crippen molar-refractivity contribution in [3.05, 3.63) is 0 Å². The second kappa shape index (κ2) is 4.72. The molecule has 1 fully saturated rings. The number of hydrogen-bond acceptors (Lipinski definition) is 4. The maximum Gasteiger partial charge on any atom is 0.229 e. The molecule has 1 rings (SSSR count). The van der Waals surface area contributed by atoms with Crippen molar-refractivity contribution in [2.24, 2.45) is 0 Å². The van der Waals surface area contributed by atoms with Gasteiger partial charge in [0.05, 0.1) is 18.8 Å². The third-order valence-corrected chi connectivity index (χ3v) is 2.75. The molecule has 0 atom stereocenters. The molecule has 1 heterocycles. The van der Waals surface area contributed by atoms with Gasteiger partial charge in [-0.3, -0.25) is 14.5 Å². The summed E-state index contributed by atoms with van der Waals surface area (Å²) in [6.45, 7) is 0.677. The molecule has 2 amide bonds. The first-order valence-corrected chi connectivity index (χ1v) is 5.13. The van der Waals surface area contributed by atoms with Crippen molar-refractivity contribution < 1.29 is 19.8 Å². The monoisotopic (exact) mass is 215 g/mol. The van der Waals surface area contributed by atoms with Gasteiger partial charge in [-0.15, -0.1) is 0 Å². The van der Waals surface area contributed by atoms with Gasteiger partial charge in [0.1, 0.15) is 0 Å². The predicted molar refractivity (Wildman–Crippen MR) is 52.9 cm³/mol. The summed E-state index contributed by atoms with van der Waals surface area (Å²) in [5, 5.41) is 18.3. The second-order valence-electron chi connectivity index (χ2n) is 4.14. The molecule has 0 aromatic rings. The van der Waals surface area contributed by atoms with Gasteiger partial charge in [-0.1, -0.05) is 0 Å². The van der Waals surface area contributed by atoms with Gasteiger partial charge >= 0.3 is 0 Å². The SMILES string of the molecule is CC(CO)(CO)N1C(=O)CCCCC1=O. The predicted octanol–water partition coefficient (Wildman–Crippen LogP) is -0.341. The van der Waals surface area contributed by atoms with E-state index in [1.807, 2.05) is 0 Å². The van der Waals surface area contributed by atoms with Crippen LogP contribution in [-0.4, -0.2) is 45.7 Å². The average molecular weight is 215 g/mol. The Bertz CT molecular complexity index is 242. The molecular weight excluding hydrogens is 198 g/mol. The largest absolute Gasteiger partial charge is 0.394 e. The van der Waals surface area contributed by atoms with Gasteiger partial charge in [-0.2, -0.15) is 0 Å². The molecule has 2 N–H and O–H groups in total. The summed E-state index contributed by atoms with van der Waals surface area (Å²) in [4.78, 5) is 24.4. The van der Waals surface area contributed by atoms with E-state index in [4.69, 9.17) is 10.2 Å². The standard InChI is InChI=1S/C10H17NO4/c1-10(6-12,7-13)11-8(14)4-2-3-5-9(11)15/h12-13H,2-7H2,1H3. The van der Waals surface area contributed by atoms with E-state index in [2.05, 4.69) is 0 Å². The molecular formula is C10H17NO4. The van der Waals surface area contributed by atoms with Gasteiger partial charge in [0.2, 0.25) is 11.8 Å². The molecule has 0 radical (unpaired) electrons. The summed E-state index contributed by atoms with van der Waals surface area (Å²) in [5.74, 6) is -0.605. The number of aliphatic hydroxyl groups excluding tert-OH is 2. The fourth-order valence-corrected chi connectivity index (χ4v) is 1.71. The Kier molecular flexibility index (Phi) is 3.82. The average Bonchev–Trinajstić information content (AvgIpc) is 2.39. The Hall–Kier alpha value is -0.940. The van der Waals surface area contributed by atoms with Crippen LogP contribution in [0.2, 0.25) is 0 Å². The molecule has 0 unspecified atom stereocenters. The van der Waals surface area contributed by atoms with E-state index in [0.29, 0.717) is 25.7 Å². The number of carbonyl (C=O) groups excluding carboxylic acids is 2. The maximum atomic E-state index is 11.7. The van der Waals surface area contributed by atoms with Crippen LogP contribution in [0.25, 0.3) is 0 Å². The zero-order valence-electron chi connectivity index (χ0n) is 8.90. The van der Waals surface area contributed by atoms with Crippen LogP contribution in [0.15, 0.2) is 0 Å². The number of hydrogen-bond donors (Lipinski definition) is 2. The lowest BCUT2D eigenvalue weighted by Crippen LogP contribution is -2.56. The summed E-state index contributed by atoms with van der Waals surface area (Å²) in [6.07, 6.45) is 1.99. The molecule has 0 spiro atoms. The highest BCUT2D eigenvalue weighted by molar-refractivity contribution is 5.97. The first-order valence-electron chi connectivity index (χ1n) is 5.13. The molecule has 5 nitrogen and oxygen atoms in total. The quantitative estimate of drug-likeness (QED) is 0.631. The fourth-order valence-electron chi connectivity index (χ4n) is 1.71. The van der Waals surface area contributed by atoms with Crippen LogP contribution in [0.3, 0.4) is 0 Å². The van der Waals surface area contributed by atoms with Crippen LogP contribution in [0.5, 0.6) is 0 Å². The Morgan fingerprint density at radius 1 is 1.13 bits per heavy atom. The number of nitrogens with zero attached hydrogens (tertiary/aromatic N) is 1. The molecule has 0 saturated carbocycles. The van der Waals surface area contributed by atoms with Gasteiger partial charge in [-0.05, 0) is 19.8 Å². The van der Waals surface area contributed by atoms with Crippen LogP contribution in [0, 0.1) is 0 Å². The molecule has 0 aromatic heterocycles. The van der Waals surface area contributed by atoms with E-state index in [0.717, 1.165) is 4.90 Å². The molecule has 1 saturated heterocycles. The lowest BCUT2D eigenvalue weighted by atomic mass is 10.0. The van der Waals surface area contributed by atoms with Crippen molar-refractivity contribution in [2.45, 2.75) is 38.1 Å². The van der Waals surface area contributed by atoms with Gasteiger partial charge in [0.15, 0.2) is 0 Å². The molecule has 0 aliphatic carbocycles. The summed E-state index contributed by atoms with van der Waals surface area (Å²) in [7, 11) is 0. The Morgan fingerprint density at radius 2 is 1.53 bits per heavy atom. The Labute approximate surface area is 88.7 Å². The minimum Gasteiger partial charge on any atom is -0.394 e. The lowest BCUT2D eigenvalue weighted by Gasteiger charge is -2.36. The van der Waals surface area contributed by atoms with E-state index >= 15 is 0 Å². The second-order valence-corrected chi connectivity index (χ2v) is 4.14. The lowest BCUT2D eigenvalue weighted by molar-refractivity contribution is -0.154. The van der Waals surface area contributed by atoms with Gasteiger partial charge in [0.25, 0.3) is 0 Å². The van der Waals surface area contributed by atoms with E-state index in [-0.39, 0.29) is 11.8 Å². The highest BCUT2D eigenvalue weighted by atomic mass is 16.3. The minimum atomic E-state index is -1.17. The smallest absolute Gasteiger partial charge is 0.229 e. The van der Waals surface area contributed by atoms with E-state index in [1.54, 1.807) is 0 Å². The fraction of sp³-hybridized carbons (Fsp3) is 0.800. The molecule has 0 aromatic carbocycles. The molecule has 1 aliphatic heterocycles. The first-order chi connectivity index (χ1) is 7.05. The zero-order valence-corrected chi connectivity index (χ0v) is 8.90. The normalized spacial score (nSPS) is 19.3. The highest BCUT2D eigenvalue weighted by Crippen LogP contribution is 2.22. The molecule has 5 heteroatoms. The summed E-state index contributed by atoms with van der Waals surface area (Å²) >= 11 is 0. The van der Waals surface area contributed by atoms with Crippen molar-refractivity contribution in [1.82, 2.24) is 4.90 Å². The van der Waals surface area contributed by atoms with Crippen molar-refractivity contribution >= 4 is 11.8 Å². The van der Waals surface area contributed by atoms with Gasteiger partial charge in [-0.25, -0.2) is 0 Å². The Morgan fingerprint density at radius 3 is 1.87 bits per heavy atom. The van der Waals surface area contributed by atoms with Crippen LogP contribution < -0.4 is 0 Å². The number of imide groups is 1. The van der Waals surface area contributed by atoms with Crippen molar-refractivity contribution in [3.8, 4) is 0 Å². The number of likely N-dealkylation sites (tertiary alicyclic amines) is 1. The number of carbonyl (C=O) groups is 2. The Balaban J connectivity index is 2.96. The van der Waals surface area contributed by atoms with E-state index < -0.39 is 18.8 Å². The third kappa shape index (κ3) is 2.35. The highest BCUT2D eigenvalue weighted by Gasteiger charge is 2.39. The molecule has 0 bridgehead atoms. The molecule has 1 aliphatic rings. The number of amides is 2. The zero-order chi connectivity index (χ0) is 11.5. The van der Waals surface area contributed by atoms with Crippen LogP contribution in [-0.2, 0) is 9.59 Å². The summed E-state index contributed by atoms with van der Waals surface area (Å²) in [6, 6.07) is 0. The first kappa shape index (κ1) is 12.1. The van der Waals surface area contributed by atoms with Crippen LogP contribution >= 0.6 is 0 Å². The third-order valence-electron chi connectivity index (χ3n) is 2.75.